The predicted octanol–water partition coefficient (Wildman–Crippen LogP) is 1.90. The first kappa shape index (κ1) is 11.8. The third-order valence-corrected chi connectivity index (χ3v) is 3.69. The number of aromatic nitrogens is 1. The Labute approximate surface area is 102 Å². The zero-order valence-corrected chi connectivity index (χ0v) is 10.3. The molecule has 0 aromatic carbocycles. The Kier molecular flexibility index (Phi) is 3.79. The van der Waals surface area contributed by atoms with E-state index >= 15 is 0 Å². The van der Waals surface area contributed by atoms with Gasteiger partial charge in [-0.2, -0.15) is 0 Å². The van der Waals surface area contributed by atoms with Gasteiger partial charge < -0.3 is 5.73 Å². The van der Waals surface area contributed by atoms with Crippen LogP contribution in [0.15, 0.2) is 18.5 Å². The van der Waals surface area contributed by atoms with Gasteiger partial charge >= 0.3 is 0 Å². The number of nitrogens with zero attached hydrogens (tertiary/aromatic N) is 2. The first-order chi connectivity index (χ1) is 7.70. The van der Waals surface area contributed by atoms with Crippen LogP contribution in [-0.2, 0) is 6.54 Å². The molecule has 16 heavy (non-hydrogen) atoms. The Morgan fingerprint density at radius 3 is 3.06 bits per heavy atom. The van der Waals surface area contributed by atoms with E-state index < -0.39 is 0 Å². The van der Waals surface area contributed by atoms with Gasteiger partial charge in [-0.15, -0.1) is 0 Å². The highest BCUT2D eigenvalue weighted by molar-refractivity contribution is 6.31. The minimum absolute atomic E-state index is 0.595. The monoisotopic (exact) mass is 239 g/mol. The average molecular weight is 240 g/mol. The number of halogens is 1. The summed E-state index contributed by atoms with van der Waals surface area (Å²) in [5.41, 5.74) is 6.87. The summed E-state index contributed by atoms with van der Waals surface area (Å²) in [6.45, 7) is 5.02. The minimum atomic E-state index is 0.595. The molecule has 2 rings (SSSR count). The van der Waals surface area contributed by atoms with Gasteiger partial charge in [0.1, 0.15) is 0 Å². The maximum atomic E-state index is 6.11. The van der Waals surface area contributed by atoms with Crippen molar-refractivity contribution in [1.29, 1.82) is 0 Å². The smallest absolute Gasteiger partial charge is 0.0634 e. The molecule has 0 radical (unpaired) electrons. The van der Waals surface area contributed by atoms with Gasteiger partial charge in [0.05, 0.1) is 5.02 Å². The SMILES string of the molecule is CC1CC(CN)CN1Cc1ccncc1Cl. The van der Waals surface area contributed by atoms with Gasteiger partial charge in [0.15, 0.2) is 0 Å². The van der Waals surface area contributed by atoms with Crippen molar-refractivity contribution < 1.29 is 0 Å². The van der Waals surface area contributed by atoms with Crippen LogP contribution in [0.5, 0.6) is 0 Å². The molecular formula is C12H18ClN3. The van der Waals surface area contributed by atoms with Gasteiger partial charge in [0.25, 0.3) is 0 Å². The average Bonchev–Trinajstić information content (AvgIpc) is 2.63. The maximum Gasteiger partial charge on any atom is 0.0634 e. The zero-order chi connectivity index (χ0) is 11.5. The van der Waals surface area contributed by atoms with Gasteiger partial charge in [-0.3, -0.25) is 9.88 Å². The third kappa shape index (κ3) is 2.54. The Morgan fingerprint density at radius 1 is 1.62 bits per heavy atom. The van der Waals surface area contributed by atoms with Crippen LogP contribution in [-0.4, -0.2) is 29.0 Å². The van der Waals surface area contributed by atoms with Crippen molar-refractivity contribution in [2.24, 2.45) is 11.7 Å². The summed E-state index contributed by atoms with van der Waals surface area (Å²) in [7, 11) is 0. The third-order valence-electron chi connectivity index (χ3n) is 3.35. The second-order valence-electron chi connectivity index (χ2n) is 4.58. The van der Waals surface area contributed by atoms with E-state index in [1.807, 2.05) is 6.07 Å². The molecule has 0 aliphatic carbocycles. The first-order valence-corrected chi connectivity index (χ1v) is 6.11. The van der Waals surface area contributed by atoms with Crippen molar-refractivity contribution in [3.63, 3.8) is 0 Å². The van der Waals surface area contributed by atoms with Crippen LogP contribution < -0.4 is 5.73 Å². The number of pyridine rings is 1. The molecule has 0 spiro atoms. The van der Waals surface area contributed by atoms with Gasteiger partial charge in [-0.1, -0.05) is 11.6 Å². The maximum absolute atomic E-state index is 6.11. The van der Waals surface area contributed by atoms with Gasteiger partial charge in [0, 0.05) is 31.5 Å². The number of nitrogens with two attached hydrogens (primary N) is 1. The molecule has 1 aromatic heterocycles. The van der Waals surface area contributed by atoms with Crippen molar-refractivity contribution in [2.45, 2.75) is 25.9 Å². The fourth-order valence-electron chi connectivity index (χ4n) is 2.36. The lowest BCUT2D eigenvalue weighted by atomic mass is 10.1. The number of hydrogen-bond donors (Lipinski definition) is 1. The molecular weight excluding hydrogens is 222 g/mol. The fourth-order valence-corrected chi connectivity index (χ4v) is 2.54. The molecule has 0 saturated carbocycles. The second-order valence-corrected chi connectivity index (χ2v) is 4.99. The lowest BCUT2D eigenvalue weighted by Crippen LogP contribution is -2.27. The van der Waals surface area contributed by atoms with Crippen molar-refractivity contribution >= 4 is 11.6 Å². The molecule has 3 nitrogen and oxygen atoms in total. The lowest BCUT2D eigenvalue weighted by molar-refractivity contribution is 0.256. The summed E-state index contributed by atoms with van der Waals surface area (Å²) in [5.74, 6) is 0.635. The second kappa shape index (κ2) is 5.13. The first-order valence-electron chi connectivity index (χ1n) is 5.73. The topological polar surface area (TPSA) is 42.1 Å². The highest BCUT2D eigenvalue weighted by Gasteiger charge is 2.28. The molecule has 1 saturated heterocycles. The van der Waals surface area contributed by atoms with Crippen LogP contribution in [0.3, 0.4) is 0 Å². The number of hydrogen-bond acceptors (Lipinski definition) is 3. The molecule has 2 atom stereocenters. The minimum Gasteiger partial charge on any atom is -0.330 e. The highest BCUT2D eigenvalue weighted by Crippen LogP contribution is 2.25. The normalized spacial score (nSPS) is 26.2. The Morgan fingerprint density at radius 2 is 2.44 bits per heavy atom. The summed E-state index contributed by atoms with van der Waals surface area (Å²) in [5, 5.41) is 0.755. The van der Waals surface area contributed by atoms with E-state index in [0.717, 1.165) is 30.2 Å². The quantitative estimate of drug-likeness (QED) is 0.876. The number of rotatable bonds is 3. The molecule has 1 aliphatic rings. The standard InChI is InChI=1S/C12H18ClN3/c1-9-4-10(5-14)7-16(9)8-11-2-3-15-6-12(11)13/h2-3,6,9-10H,4-5,7-8,14H2,1H3. The van der Waals surface area contributed by atoms with Crippen molar-refractivity contribution in [3.8, 4) is 0 Å². The Hall–Kier alpha value is -0.640. The van der Waals surface area contributed by atoms with E-state index in [2.05, 4.69) is 16.8 Å². The molecule has 2 unspecified atom stereocenters. The predicted molar refractivity (Wildman–Crippen MR) is 66.3 cm³/mol. The van der Waals surface area contributed by atoms with Crippen LogP contribution in [0, 0.1) is 5.92 Å². The highest BCUT2D eigenvalue weighted by atomic mass is 35.5. The summed E-state index contributed by atoms with van der Waals surface area (Å²) >= 11 is 6.11. The van der Waals surface area contributed by atoms with E-state index in [4.69, 9.17) is 17.3 Å². The molecule has 4 heteroatoms. The summed E-state index contributed by atoms with van der Waals surface area (Å²) in [6, 6.07) is 2.59. The van der Waals surface area contributed by atoms with Gasteiger partial charge in [-0.05, 0) is 37.4 Å². The van der Waals surface area contributed by atoms with Crippen molar-refractivity contribution in [2.75, 3.05) is 13.1 Å². The molecule has 2 N–H and O–H groups in total. The molecule has 2 heterocycles. The van der Waals surface area contributed by atoms with Crippen LogP contribution >= 0.6 is 11.6 Å². The molecule has 88 valence electrons. The lowest BCUT2D eigenvalue weighted by Gasteiger charge is -2.21. The van der Waals surface area contributed by atoms with E-state index in [1.54, 1.807) is 12.4 Å². The van der Waals surface area contributed by atoms with Crippen LogP contribution in [0.4, 0.5) is 0 Å². The van der Waals surface area contributed by atoms with Crippen LogP contribution in [0.2, 0.25) is 5.02 Å². The number of likely N-dealkylation sites (tertiary alicyclic amines) is 1. The van der Waals surface area contributed by atoms with E-state index in [9.17, 15) is 0 Å². The summed E-state index contributed by atoms with van der Waals surface area (Å²) in [6.07, 6.45) is 4.69. The Balaban J connectivity index is 2.03. The largest absolute Gasteiger partial charge is 0.330 e. The van der Waals surface area contributed by atoms with Crippen molar-refractivity contribution in [1.82, 2.24) is 9.88 Å². The molecule has 0 bridgehead atoms. The van der Waals surface area contributed by atoms with E-state index in [-0.39, 0.29) is 0 Å². The molecule has 0 amide bonds. The summed E-state index contributed by atoms with van der Waals surface area (Å²) in [4.78, 5) is 6.44. The van der Waals surface area contributed by atoms with E-state index in [0.29, 0.717) is 12.0 Å². The van der Waals surface area contributed by atoms with Gasteiger partial charge in [0.2, 0.25) is 0 Å². The molecule has 1 aliphatic heterocycles. The molecule has 1 aromatic rings. The fraction of sp³-hybridized carbons (Fsp3) is 0.583. The van der Waals surface area contributed by atoms with Gasteiger partial charge in [-0.25, -0.2) is 0 Å². The van der Waals surface area contributed by atoms with Crippen molar-refractivity contribution in [3.05, 3.63) is 29.0 Å². The Bertz CT molecular complexity index is 356. The van der Waals surface area contributed by atoms with Crippen LogP contribution in [0.1, 0.15) is 18.9 Å². The molecule has 1 fully saturated rings. The van der Waals surface area contributed by atoms with Crippen LogP contribution in [0.25, 0.3) is 0 Å². The van der Waals surface area contributed by atoms with E-state index in [1.165, 1.54) is 6.42 Å². The summed E-state index contributed by atoms with van der Waals surface area (Å²) < 4.78 is 0. The zero-order valence-electron chi connectivity index (χ0n) is 9.56.